The van der Waals surface area contributed by atoms with Gasteiger partial charge in [0, 0.05) is 14.6 Å². The first-order chi connectivity index (χ1) is 8.53. The van der Waals surface area contributed by atoms with Gasteiger partial charge in [0.2, 0.25) is 5.16 Å². The molecule has 0 radical (unpaired) electrons. The molecule has 4 nitrogen and oxygen atoms in total. The first-order valence-electron chi connectivity index (χ1n) is 6.33. The van der Waals surface area contributed by atoms with Crippen molar-refractivity contribution in [3.8, 4) is 0 Å². The number of fused-ring (bicyclic) bond motifs is 2. The topological polar surface area (TPSA) is 43.1 Å². The van der Waals surface area contributed by atoms with Crippen molar-refractivity contribution in [3.63, 3.8) is 0 Å². The average molecular weight is 223 g/mol. The minimum Gasteiger partial charge on any atom is -0.216 e. The van der Waals surface area contributed by atoms with Crippen molar-refractivity contribution in [2.45, 2.75) is 30.8 Å². The van der Waals surface area contributed by atoms with Gasteiger partial charge in [0.25, 0.3) is 5.78 Å². The van der Waals surface area contributed by atoms with Crippen molar-refractivity contribution in [2.24, 2.45) is 0 Å². The highest BCUT2D eigenvalue weighted by molar-refractivity contribution is 7.98. The Morgan fingerprint density at radius 3 is 3.33 bits per heavy atom. The van der Waals surface area contributed by atoms with Gasteiger partial charge in [-0.2, -0.15) is 4.98 Å². The van der Waals surface area contributed by atoms with E-state index in [2.05, 4.69) is 15.1 Å². The summed E-state index contributed by atoms with van der Waals surface area (Å²) >= 11 is 1.39. The molecule has 2 aromatic heterocycles. The second-order valence-electron chi connectivity index (χ2n) is 3.39. The van der Waals surface area contributed by atoms with Gasteiger partial charge in [-0.3, -0.25) is 0 Å². The van der Waals surface area contributed by atoms with Crippen LogP contribution >= 0.6 is 11.8 Å². The lowest BCUT2D eigenvalue weighted by atomic mass is 9.98. The van der Waals surface area contributed by atoms with Crippen LogP contribution in [0.4, 0.5) is 0 Å². The van der Waals surface area contributed by atoms with Gasteiger partial charge in [-0.25, -0.2) is 9.50 Å². The minimum absolute atomic E-state index is 0.214. The average Bonchev–Trinajstić information content (AvgIpc) is 2.74. The molecule has 3 rings (SSSR count). The number of hydrogen-bond acceptors (Lipinski definition) is 4. The smallest absolute Gasteiger partial charge is 0.216 e. The summed E-state index contributed by atoms with van der Waals surface area (Å²) in [5, 5.41) is 4.74. The maximum Gasteiger partial charge on any atom is 0.253 e. The maximum absolute atomic E-state index is 8.13. The van der Waals surface area contributed by atoms with E-state index in [1.54, 1.807) is 0 Å². The van der Waals surface area contributed by atoms with Crippen LogP contribution in [0.3, 0.4) is 0 Å². The highest BCUT2D eigenvalue weighted by Gasteiger charge is 2.13. The summed E-state index contributed by atoms with van der Waals surface area (Å²) in [6, 6.07) is 0. The summed E-state index contributed by atoms with van der Waals surface area (Å²) in [6.07, 6.45) is 2.49. The zero-order valence-corrected chi connectivity index (χ0v) is 9.13. The summed E-state index contributed by atoms with van der Waals surface area (Å²) in [6.45, 7) is 0. The van der Waals surface area contributed by atoms with E-state index in [0.29, 0.717) is 35.0 Å². The van der Waals surface area contributed by atoms with Crippen LogP contribution in [0.5, 0.6) is 0 Å². The highest BCUT2D eigenvalue weighted by Crippen LogP contribution is 2.20. The van der Waals surface area contributed by atoms with Gasteiger partial charge >= 0.3 is 0 Å². The zero-order valence-electron chi connectivity index (χ0n) is 11.3. The van der Waals surface area contributed by atoms with Gasteiger partial charge in [0.1, 0.15) is 0 Å². The lowest BCUT2D eigenvalue weighted by Gasteiger charge is -2.13. The van der Waals surface area contributed by atoms with Crippen LogP contribution in [0.15, 0.2) is 11.3 Å². The first-order valence-corrected chi connectivity index (χ1v) is 6.06. The molecule has 0 amide bonds. The molecule has 1 aliphatic carbocycles. The van der Waals surface area contributed by atoms with Crippen LogP contribution in [-0.4, -0.2) is 25.8 Å². The number of hydrogen-bond donors (Lipinski definition) is 0. The molecule has 1 aliphatic rings. The standard InChI is InChI=1S/C10H12N4S/c1-15-10-12-9-11-8-5-3-2-4-7(8)6-14(9)13-10/h6H,2-5H2,1H3/i5D2,6D. The Labute approximate surface area is 96.3 Å². The summed E-state index contributed by atoms with van der Waals surface area (Å²) in [7, 11) is 0. The summed E-state index contributed by atoms with van der Waals surface area (Å²) in [5.74, 6) is 0.314. The number of nitrogens with zero attached hydrogens (tertiary/aromatic N) is 4. The van der Waals surface area contributed by atoms with E-state index in [-0.39, 0.29) is 6.17 Å². The van der Waals surface area contributed by atoms with Gasteiger partial charge in [0.05, 0.1) is 1.37 Å². The van der Waals surface area contributed by atoms with E-state index in [9.17, 15) is 0 Å². The highest BCUT2D eigenvalue weighted by atomic mass is 32.2. The van der Waals surface area contributed by atoms with Gasteiger partial charge in [0.15, 0.2) is 0 Å². The number of aromatic nitrogens is 4. The fourth-order valence-electron chi connectivity index (χ4n) is 1.66. The predicted molar refractivity (Wildman–Crippen MR) is 59.2 cm³/mol. The Kier molecular flexibility index (Phi) is 1.50. The molecule has 0 N–H and O–H groups in total. The molecule has 0 saturated carbocycles. The SMILES string of the molecule is [2H]c1c2c(nc3nc(SC)nn13)C([2H])([2H])CCC2. The summed E-state index contributed by atoms with van der Waals surface area (Å²) < 4.78 is 25.5. The fraction of sp³-hybridized carbons (Fsp3) is 0.500. The molecule has 0 bridgehead atoms. The molecule has 0 saturated heterocycles. The number of thioether (sulfide) groups is 1. The molecular formula is C10H12N4S. The second-order valence-corrected chi connectivity index (χ2v) is 4.16. The van der Waals surface area contributed by atoms with Crippen LogP contribution in [0, 0.1) is 0 Å². The Morgan fingerprint density at radius 2 is 2.47 bits per heavy atom. The van der Waals surface area contributed by atoms with Crippen molar-refractivity contribution in [1.29, 1.82) is 0 Å². The molecule has 5 heteroatoms. The molecule has 2 aromatic rings. The monoisotopic (exact) mass is 223 g/mol. The van der Waals surface area contributed by atoms with Crippen LogP contribution < -0.4 is 0 Å². The van der Waals surface area contributed by atoms with E-state index < -0.39 is 6.37 Å². The number of rotatable bonds is 1. The summed E-state index contributed by atoms with van der Waals surface area (Å²) in [4.78, 5) is 8.46. The van der Waals surface area contributed by atoms with E-state index in [1.165, 1.54) is 16.3 Å². The third-order valence-electron chi connectivity index (χ3n) is 2.39. The largest absolute Gasteiger partial charge is 0.253 e. The van der Waals surface area contributed by atoms with Crippen LogP contribution in [-0.2, 0) is 12.8 Å². The van der Waals surface area contributed by atoms with Crippen molar-refractivity contribution in [2.75, 3.05) is 6.26 Å². The molecule has 0 fully saturated rings. The van der Waals surface area contributed by atoms with Crippen molar-refractivity contribution >= 4 is 17.5 Å². The Hall–Kier alpha value is -1.10. The first kappa shape index (κ1) is 6.48. The van der Waals surface area contributed by atoms with Gasteiger partial charge < -0.3 is 0 Å². The molecule has 0 atom stereocenters. The van der Waals surface area contributed by atoms with E-state index in [0.717, 1.165) is 6.42 Å². The van der Waals surface area contributed by atoms with Crippen LogP contribution in [0.25, 0.3) is 5.78 Å². The van der Waals surface area contributed by atoms with Gasteiger partial charge in [-0.1, -0.05) is 11.8 Å². The minimum atomic E-state index is -1.46. The summed E-state index contributed by atoms with van der Waals surface area (Å²) in [5.41, 5.74) is 1.03. The third kappa shape index (κ3) is 1.51. The Morgan fingerprint density at radius 1 is 1.53 bits per heavy atom. The van der Waals surface area contributed by atoms with Gasteiger partial charge in [-0.05, 0) is 37.5 Å². The van der Waals surface area contributed by atoms with Crippen molar-refractivity contribution < 1.29 is 4.11 Å². The maximum atomic E-state index is 8.13. The molecule has 78 valence electrons. The molecule has 15 heavy (non-hydrogen) atoms. The lowest BCUT2D eigenvalue weighted by Crippen LogP contribution is -2.08. The van der Waals surface area contributed by atoms with E-state index in [1.807, 2.05) is 6.26 Å². The third-order valence-corrected chi connectivity index (χ3v) is 2.93. The van der Waals surface area contributed by atoms with Crippen molar-refractivity contribution in [3.05, 3.63) is 17.4 Å². The number of aryl methyl sites for hydroxylation is 1. The molecule has 0 spiro atoms. The zero-order chi connectivity index (χ0) is 12.9. The normalized spacial score (nSPS) is 21.8. The fourth-order valence-corrected chi connectivity index (χ4v) is 2.00. The van der Waals surface area contributed by atoms with Crippen LogP contribution in [0.2, 0.25) is 0 Å². The quantitative estimate of drug-likeness (QED) is 0.690. The lowest BCUT2D eigenvalue weighted by molar-refractivity contribution is 0.658. The Balaban J connectivity index is 2.32. The van der Waals surface area contributed by atoms with Crippen LogP contribution in [0.1, 0.15) is 28.2 Å². The second kappa shape index (κ2) is 3.48. The van der Waals surface area contributed by atoms with Crippen molar-refractivity contribution in [1.82, 2.24) is 19.6 Å². The van der Waals surface area contributed by atoms with E-state index in [4.69, 9.17) is 4.11 Å². The molecule has 0 aliphatic heterocycles. The van der Waals surface area contributed by atoms with Gasteiger partial charge in [-0.15, -0.1) is 5.10 Å². The molecular weight excluding hydrogens is 208 g/mol. The van der Waals surface area contributed by atoms with E-state index >= 15 is 0 Å². The molecule has 0 unspecified atom stereocenters. The molecule has 2 heterocycles. The Bertz CT molecular complexity index is 625. The predicted octanol–water partition coefficient (Wildman–Crippen LogP) is 1.72. The molecule has 0 aromatic carbocycles.